The van der Waals surface area contributed by atoms with Gasteiger partial charge in [-0.15, -0.1) is 0 Å². The van der Waals surface area contributed by atoms with Crippen molar-refractivity contribution in [3.63, 3.8) is 0 Å². The van der Waals surface area contributed by atoms with Crippen LogP contribution in [0.3, 0.4) is 0 Å². The summed E-state index contributed by atoms with van der Waals surface area (Å²) in [6, 6.07) is 21.7. The first-order chi connectivity index (χ1) is 16.1. The largest absolute Gasteiger partial charge is 0.489 e. The van der Waals surface area contributed by atoms with Crippen LogP contribution in [0, 0.1) is 0 Å². The normalized spacial score (nSPS) is 19.8. The average Bonchev–Trinajstić information content (AvgIpc) is 2.88. The summed E-state index contributed by atoms with van der Waals surface area (Å²) in [5, 5.41) is 7.06. The number of benzene rings is 2. The molecule has 170 valence electrons. The predicted molar refractivity (Wildman–Crippen MR) is 131 cm³/mol. The van der Waals surface area contributed by atoms with E-state index in [4.69, 9.17) is 4.74 Å². The van der Waals surface area contributed by atoms with Crippen molar-refractivity contribution in [1.82, 2.24) is 9.88 Å². The lowest BCUT2D eigenvalue weighted by molar-refractivity contribution is 0.0746. The molecule has 1 aromatic heterocycles. The van der Waals surface area contributed by atoms with Gasteiger partial charge in [0.15, 0.2) is 0 Å². The van der Waals surface area contributed by atoms with Crippen LogP contribution in [-0.4, -0.2) is 60.7 Å². The number of carbonyl (C=O) groups excluding carboxylic acids is 1. The number of fused-ring (bicyclic) bond motifs is 1. The number of piperazine rings is 1. The third kappa shape index (κ3) is 4.72. The van der Waals surface area contributed by atoms with Crippen LogP contribution in [0.15, 0.2) is 72.9 Å². The first kappa shape index (κ1) is 21.1. The Balaban J connectivity index is 1.23. The molecule has 0 spiro atoms. The van der Waals surface area contributed by atoms with Crippen LogP contribution in [0.5, 0.6) is 5.75 Å². The van der Waals surface area contributed by atoms with Crippen molar-refractivity contribution in [3.8, 4) is 5.75 Å². The Morgan fingerprint density at radius 1 is 1.06 bits per heavy atom. The van der Waals surface area contributed by atoms with Crippen molar-refractivity contribution in [1.29, 1.82) is 0 Å². The number of para-hydroxylation sites is 1. The van der Waals surface area contributed by atoms with Gasteiger partial charge in [-0.05, 0) is 49.4 Å². The van der Waals surface area contributed by atoms with E-state index in [1.807, 2.05) is 71.6 Å². The fraction of sp³-hybridized carbons (Fsp3) is 0.308. The van der Waals surface area contributed by atoms with Crippen molar-refractivity contribution in [2.24, 2.45) is 0 Å². The first-order valence-corrected chi connectivity index (χ1v) is 11.4. The standard InChI is InChI=1S/C26H29N5O2/c1-26(18-28-21-7-3-2-4-8-21)19-33-23-11-10-20(17-22(23)29-26)25(32)31-15-13-30(14-16-31)24-9-5-6-12-27-24/h2-12,17,28-29H,13-16,18-19H2,1H3. The lowest BCUT2D eigenvalue weighted by Crippen LogP contribution is -2.50. The summed E-state index contributed by atoms with van der Waals surface area (Å²) in [6.45, 7) is 6.27. The highest BCUT2D eigenvalue weighted by molar-refractivity contribution is 5.96. The fourth-order valence-electron chi connectivity index (χ4n) is 4.30. The topological polar surface area (TPSA) is 69.7 Å². The third-order valence-corrected chi connectivity index (χ3v) is 6.21. The second kappa shape index (κ2) is 9.02. The number of nitrogens with one attached hydrogen (secondary N) is 2. The highest BCUT2D eigenvalue weighted by Gasteiger charge is 2.31. The highest BCUT2D eigenvalue weighted by atomic mass is 16.5. The molecule has 1 atom stereocenters. The number of hydrogen-bond acceptors (Lipinski definition) is 6. The van der Waals surface area contributed by atoms with E-state index >= 15 is 0 Å². The molecule has 0 bridgehead atoms. The number of anilines is 3. The molecule has 2 N–H and O–H groups in total. The van der Waals surface area contributed by atoms with Gasteiger partial charge >= 0.3 is 0 Å². The van der Waals surface area contributed by atoms with Crippen molar-refractivity contribution >= 4 is 23.1 Å². The summed E-state index contributed by atoms with van der Waals surface area (Å²) in [4.78, 5) is 21.8. The van der Waals surface area contributed by atoms with Gasteiger partial charge in [0.05, 0.1) is 11.2 Å². The summed E-state index contributed by atoms with van der Waals surface area (Å²) >= 11 is 0. The number of pyridine rings is 1. The molecule has 1 unspecified atom stereocenters. The molecule has 0 saturated carbocycles. The molecule has 2 aliphatic heterocycles. The van der Waals surface area contributed by atoms with E-state index in [0.29, 0.717) is 31.8 Å². The summed E-state index contributed by atoms with van der Waals surface area (Å²) in [5.74, 6) is 1.79. The lowest BCUT2D eigenvalue weighted by Gasteiger charge is -2.38. The van der Waals surface area contributed by atoms with Crippen molar-refractivity contribution in [3.05, 3.63) is 78.5 Å². The summed E-state index contributed by atoms with van der Waals surface area (Å²) in [7, 11) is 0. The van der Waals surface area contributed by atoms with Crippen LogP contribution in [0.2, 0.25) is 0 Å². The molecule has 33 heavy (non-hydrogen) atoms. The summed E-state index contributed by atoms with van der Waals surface area (Å²) in [6.07, 6.45) is 1.80. The van der Waals surface area contributed by atoms with Crippen LogP contribution < -0.4 is 20.3 Å². The molecule has 2 aliphatic rings. The van der Waals surface area contributed by atoms with E-state index in [2.05, 4.69) is 27.4 Å². The van der Waals surface area contributed by atoms with Gasteiger partial charge in [0, 0.05) is 50.2 Å². The maximum Gasteiger partial charge on any atom is 0.254 e. The lowest BCUT2D eigenvalue weighted by atomic mass is 10.00. The van der Waals surface area contributed by atoms with E-state index in [0.717, 1.165) is 36.0 Å². The molecular weight excluding hydrogens is 414 g/mol. The Labute approximate surface area is 194 Å². The maximum atomic E-state index is 13.2. The van der Waals surface area contributed by atoms with Gasteiger partial charge in [0.2, 0.25) is 0 Å². The predicted octanol–water partition coefficient (Wildman–Crippen LogP) is 3.72. The average molecular weight is 444 g/mol. The Bertz CT molecular complexity index is 1100. The molecule has 2 aromatic carbocycles. The number of nitrogens with zero attached hydrogens (tertiary/aromatic N) is 3. The van der Waals surface area contributed by atoms with E-state index in [1.54, 1.807) is 6.20 Å². The van der Waals surface area contributed by atoms with Crippen LogP contribution >= 0.6 is 0 Å². The van der Waals surface area contributed by atoms with Gasteiger partial charge in [0.25, 0.3) is 5.91 Å². The molecule has 0 aliphatic carbocycles. The van der Waals surface area contributed by atoms with Crippen LogP contribution in [0.4, 0.5) is 17.2 Å². The number of aromatic nitrogens is 1. The third-order valence-electron chi connectivity index (χ3n) is 6.21. The van der Waals surface area contributed by atoms with E-state index in [9.17, 15) is 4.79 Å². The number of hydrogen-bond donors (Lipinski definition) is 2. The molecule has 3 aromatic rings. The Morgan fingerprint density at radius 2 is 1.85 bits per heavy atom. The molecular formula is C26H29N5O2. The molecule has 1 amide bonds. The number of amides is 1. The van der Waals surface area contributed by atoms with E-state index in [-0.39, 0.29) is 11.4 Å². The number of ether oxygens (including phenoxy) is 1. The molecule has 0 radical (unpaired) electrons. The maximum absolute atomic E-state index is 13.2. The van der Waals surface area contributed by atoms with Gasteiger partial charge in [-0.3, -0.25) is 4.79 Å². The summed E-state index contributed by atoms with van der Waals surface area (Å²) in [5.41, 5.74) is 2.31. The van der Waals surface area contributed by atoms with Gasteiger partial charge in [0.1, 0.15) is 18.2 Å². The summed E-state index contributed by atoms with van der Waals surface area (Å²) < 4.78 is 6.03. The zero-order valence-electron chi connectivity index (χ0n) is 18.8. The minimum atomic E-state index is -0.293. The molecule has 1 saturated heterocycles. The minimum Gasteiger partial charge on any atom is -0.489 e. The minimum absolute atomic E-state index is 0.0509. The smallest absolute Gasteiger partial charge is 0.254 e. The van der Waals surface area contributed by atoms with Crippen molar-refractivity contribution in [2.45, 2.75) is 12.5 Å². The first-order valence-electron chi connectivity index (χ1n) is 11.4. The number of carbonyl (C=O) groups is 1. The Morgan fingerprint density at radius 3 is 2.61 bits per heavy atom. The molecule has 7 heteroatoms. The van der Waals surface area contributed by atoms with Gasteiger partial charge in [-0.1, -0.05) is 24.3 Å². The zero-order valence-corrected chi connectivity index (χ0v) is 18.8. The van der Waals surface area contributed by atoms with Gasteiger partial charge in [-0.25, -0.2) is 4.98 Å². The van der Waals surface area contributed by atoms with Gasteiger partial charge in [-0.2, -0.15) is 0 Å². The second-order valence-electron chi connectivity index (χ2n) is 8.87. The van der Waals surface area contributed by atoms with E-state index < -0.39 is 0 Å². The SMILES string of the molecule is CC1(CNc2ccccc2)COc2ccc(C(=O)N3CCN(c4ccccn4)CC3)cc2N1. The van der Waals surface area contributed by atoms with E-state index in [1.165, 1.54) is 0 Å². The quantitative estimate of drug-likeness (QED) is 0.627. The molecule has 7 nitrogen and oxygen atoms in total. The van der Waals surface area contributed by atoms with Crippen LogP contribution in [0.25, 0.3) is 0 Å². The zero-order chi connectivity index (χ0) is 22.7. The van der Waals surface area contributed by atoms with Crippen LogP contribution in [-0.2, 0) is 0 Å². The Hall–Kier alpha value is -3.74. The highest BCUT2D eigenvalue weighted by Crippen LogP contribution is 2.34. The molecule has 1 fully saturated rings. The van der Waals surface area contributed by atoms with Crippen molar-refractivity contribution in [2.75, 3.05) is 54.9 Å². The van der Waals surface area contributed by atoms with Crippen molar-refractivity contribution < 1.29 is 9.53 Å². The molecule has 5 rings (SSSR count). The van der Waals surface area contributed by atoms with Gasteiger partial charge < -0.3 is 25.2 Å². The molecule has 3 heterocycles. The monoisotopic (exact) mass is 443 g/mol. The second-order valence-corrected chi connectivity index (χ2v) is 8.87. The fourth-order valence-corrected chi connectivity index (χ4v) is 4.30. The number of rotatable bonds is 5. The van der Waals surface area contributed by atoms with Crippen LogP contribution in [0.1, 0.15) is 17.3 Å². The Kier molecular flexibility index (Phi) is 5.77.